The van der Waals surface area contributed by atoms with Crippen LogP contribution in [0.2, 0.25) is 0 Å². The van der Waals surface area contributed by atoms with Crippen molar-refractivity contribution in [1.29, 1.82) is 0 Å². The maximum atomic E-state index is 7.17. The lowest BCUT2D eigenvalue weighted by Crippen LogP contribution is -2.22. The Bertz CT molecular complexity index is 1970. The number of halogens is 1. The van der Waals surface area contributed by atoms with Gasteiger partial charge in [-0.2, -0.15) is 0 Å². The maximum Gasteiger partial charge on any atom is 0.0469 e. The Kier molecular flexibility index (Phi) is 6.60. The minimum absolute atomic E-state index is 0.0701. The summed E-state index contributed by atoms with van der Waals surface area (Å²) >= 11 is 7.17. The van der Waals surface area contributed by atoms with Gasteiger partial charge in [0.1, 0.15) is 0 Å². The van der Waals surface area contributed by atoms with Gasteiger partial charge in [-0.25, -0.2) is 0 Å². The third-order valence-electron chi connectivity index (χ3n) is 10.3. The van der Waals surface area contributed by atoms with Gasteiger partial charge in [-0.05, 0) is 98.9 Å². The molecule has 0 amide bonds. The van der Waals surface area contributed by atoms with Crippen LogP contribution in [-0.2, 0) is 10.8 Å². The average molecular weight is 582 g/mol. The zero-order valence-corrected chi connectivity index (χ0v) is 26.9. The quantitative estimate of drug-likeness (QED) is 0.232. The zero-order chi connectivity index (χ0) is 30.1. The molecule has 0 radical (unpaired) electrons. The molecule has 0 bridgehead atoms. The van der Waals surface area contributed by atoms with Crippen LogP contribution < -0.4 is 4.90 Å². The molecule has 0 saturated heterocycles. The summed E-state index contributed by atoms with van der Waals surface area (Å²) in [6, 6.07) is 26.6. The number of likely N-dealkylation sites (N-methyl/N-ethyl adjacent to an activating group) is 1. The Morgan fingerprint density at radius 3 is 2.09 bits per heavy atom. The van der Waals surface area contributed by atoms with Crippen molar-refractivity contribution < 1.29 is 0 Å². The summed E-state index contributed by atoms with van der Waals surface area (Å²) < 4.78 is 0. The second-order valence-electron chi connectivity index (χ2n) is 13.5. The summed E-state index contributed by atoms with van der Waals surface area (Å²) in [5.74, 6) is 0. The van der Waals surface area contributed by atoms with E-state index in [4.69, 9.17) is 11.6 Å². The molecule has 0 aromatic heterocycles. The second kappa shape index (κ2) is 10.1. The molecule has 1 nitrogen and oxygen atoms in total. The number of hydrogen-bond acceptors (Lipinski definition) is 1. The van der Waals surface area contributed by atoms with Crippen LogP contribution in [0, 0.1) is 0 Å². The molecule has 0 fully saturated rings. The minimum atomic E-state index is -0.104. The fraction of sp³-hybridized carbons (Fsp3) is 0.268. The summed E-state index contributed by atoms with van der Waals surface area (Å²) in [5, 5.41) is 6.21. The van der Waals surface area contributed by atoms with Gasteiger partial charge in [-0.3, -0.25) is 0 Å². The Labute approximate surface area is 261 Å². The van der Waals surface area contributed by atoms with Crippen LogP contribution in [0.3, 0.4) is 0 Å². The summed E-state index contributed by atoms with van der Waals surface area (Å²) in [4.78, 5) is 2.36. The first-order chi connectivity index (χ1) is 20.6. The van der Waals surface area contributed by atoms with E-state index in [0.717, 1.165) is 24.3 Å². The fourth-order valence-electron chi connectivity index (χ4n) is 8.10. The van der Waals surface area contributed by atoms with Gasteiger partial charge in [0.15, 0.2) is 0 Å². The highest BCUT2D eigenvalue weighted by Gasteiger charge is 2.40. The van der Waals surface area contributed by atoms with Crippen molar-refractivity contribution in [2.75, 3.05) is 11.9 Å². The van der Waals surface area contributed by atoms with E-state index in [-0.39, 0.29) is 10.8 Å². The van der Waals surface area contributed by atoms with Gasteiger partial charge < -0.3 is 4.90 Å². The van der Waals surface area contributed by atoms with Crippen LogP contribution in [-0.4, -0.2) is 7.05 Å². The molecular weight excluding hydrogens is 542 g/mol. The van der Waals surface area contributed by atoms with Crippen molar-refractivity contribution in [2.24, 2.45) is 0 Å². The van der Waals surface area contributed by atoms with Gasteiger partial charge in [0.05, 0.1) is 0 Å². The molecule has 0 N–H and O–H groups in total. The predicted octanol–water partition coefficient (Wildman–Crippen LogP) is 11.5. The Morgan fingerprint density at radius 2 is 1.37 bits per heavy atom. The Morgan fingerprint density at radius 1 is 0.721 bits per heavy atom. The molecule has 3 aliphatic rings. The minimum Gasteiger partial charge on any atom is -0.347 e. The molecule has 0 atom stereocenters. The molecule has 7 rings (SSSR count). The topological polar surface area (TPSA) is 3.24 Å². The van der Waals surface area contributed by atoms with Crippen LogP contribution >= 0.6 is 11.6 Å². The highest BCUT2D eigenvalue weighted by atomic mass is 35.5. The normalized spacial score (nSPS) is 21.2. The van der Waals surface area contributed by atoms with E-state index in [1.165, 1.54) is 71.9 Å². The van der Waals surface area contributed by atoms with E-state index in [1.54, 1.807) is 0 Å². The van der Waals surface area contributed by atoms with E-state index in [9.17, 15) is 0 Å². The smallest absolute Gasteiger partial charge is 0.0469 e. The maximum absolute atomic E-state index is 7.17. The molecule has 0 unspecified atom stereocenters. The lowest BCUT2D eigenvalue weighted by Gasteiger charge is -2.25. The van der Waals surface area contributed by atoms with Crippen LogP contribution in [0.25, 0.3) is 27.1 Å². The zero-order valence-electron chi connectivity index (χ0n) is 26.2. The molecular formula is C41H40ClN. The third-order valence-corrected chi connectivity index (χ3v) is 10.8. The SMILES string of the molecule is CC1=C(/C=C/C2=C(Cl)C(=C/C=C3\N(C)c4ccc5ccccc5c4C3(C)C)/CCC2)C(C)(C)c2c1ccc1ccccc21. The lowest BCUT2D eigenvalue weighted by molar-refractivity contribution is 0.645. The standard InChI is InChI=1S/C41H40ClN/c1-26-31-22-18-27-12-7-9-16-32(27)37(31)40(2,3)34(26)23-19-29-14-11-15-30(39(29)42)21-25-36-41(4,5)38-33-17-10-8-13-28(33)20-24-35(38)43(36)6/h7-10,12-13,16-25H,11,14-15H2,1-6H3/b23-19+,30-21+,36-25-. The number of nitrogens with zero attached hydrogens (tertiary/aromatic N) is 1. The van der Waals surface area contributed by atoms with Gasteiger partial charge in [0, 0.05) is 34.3 Å². The van der Waals surface area contributed by atoms with Gasteiger partial charge >= 0.3 is 0 Å². The molecule has 1 heterocycles. The highest BCUT2D eigenvalue weighted by Crippen LogP contribution is 2.51. The molecule has 2 aliphatic carbocycles. The van der Waals surface area contributed by atoms with Gasteiger partial charge in [0.2, 0.25) is 0 Å². The van der Waals surface area contributed by atoms with Crippen molar-refractivity contribution in [1.82, 2.24) is 0 Å². The first kappa shape index (κ1) is 28.0. The van der Waals surface area contributed by atoms with E-state index >= 15 is 0 Å². The molecule has 1 aliphatic heterocycles. The van der Waals surface area contributed by atoms with E-state index in [2.05, 4.69) is 144 Å². The van der Waals surface area contributed by atoms with Crippen LogP contribution in [0.5, 0.6) is 0 Å². The summed E-state index contributed by atoms with van der Waals surface area (Å²) in [6.45, 7) is 11.7. The number of benzene rings is 4. The monoisotopic (exact) mass is 581 g/mol. The lowest BCUT2D eigenvalue weighted by atomic mass is 9.78. The molecule has 4 aromatic carbocycles. The van der Waals surface area contributed by atoms with Crippen molar-refractivity contribution in [3.8, 4) is 0 Å². The fourth-order valence-corrected chi connectivity index (χ4v) is 8.42. The molecule has 2 heteroatoms. The summed E-state index contributed by atoms with van der Waals surface area (Å²) in [6.07, 6.45) is 12.4. The third kappa shape index (κ3) is 4.27. The number of fused-ring (bicyclic) bond motifs is 6. The number of anilines is 1. The van der Waals surface area contributed by atoms with E-state index in [0.29, 0.717) is 0 Å². The van der Waals surface area contributed by atoms with Crippen LogP contribution in [0.1, 0.15) is 70.6 Å². The number of rotatable bonds is 3. The van der Waals surface area contributed by atoms with Crippen molar-refractivity contribution >= 4 is 44.4 Å². The molecule has 216 valence electrons. The highest BCUT2D eigenvalue weighted by molar-refractivity contribution is 6.32. The van der Waals surface area contributed by atoms with Gasteiger partial charge in [-0.1, -0.05) is 124 Å². The average Bonchev–Trinajstić information content (AvgIpc) is 3.33. The first-order valence-electron chi connectivity index (χ1n) is 15.6. The molecule has 4 aromatic rings. The molecule has 43 heavy (non-hydrogen) atoms. The van der Waals surface area contributed by atoms with E-state index < -0.39 is 0 Å². The van der Waals surface area contributed by atoms with Crippen molar-refractivity contribution in [2.45, 2.75) is 64.7 Å². The largest absolute Gasteiger partial charge is 0.347 e. The Hall–Kier alpha value is -3.81. The van der Waals surface area contributed by atoms with Crippen LogP contribution in [0.15, 0.2) is 125 Å². The van der Waals surface area contributed by atoms with Crippen molar-refractivity contribution in [3.63, 3.8) is 0 Å². The number of hydrogen-bond donors (Lipinski definition) is 0. The molecule has 0 spiro atoms. The van der Waals surface area contributed by atoms with Gasteiger partial charge in [0.25, 0.3) is 0 Å². The molecule has 0 saturated carbocycles. The second-order valence-corrected chi connectivity index (χ2v) is 13.9. The van der Waals surface area contributed by atoms with Crippen LogP contribution in [0.4, 0.5) is 5.69 Å². The predicted molar refractivity (Wildman–Crippen MR) is 187 cm³/mol. The summed E-state index contributed by atoms with van der Waals surface area (Å²) in [5.41, 5.74) is 11.9. The summed E-state index contributed by atoms with van der Waals surface area (Å²) in [7, 11) is 2.19. The van der Waals surface area contributed by atoms with E-state index in [1.807, 2.05) is 0 Å². The Balaban J connectivity index is 1.22. The van der Waals surface area contributed by atoms with Crippen molar-refractivity contribution in [3.05, 3.63) is 141 Å². The number of allylic oxidation sites excluding steroid dienone is 10. The first-order valence-corrected chi connectivity index (χ1v) is 16.0. The van der Waals surface area contributed by atoms with Gasteiger partial charge in [-0.15, -0.1) is 0 Å².